The van der Waals surface area contributed by atoms with E-state index in [4.69, 9.17) is 14.9 Å². The number of hydroxylamine groups is 1. The third-order valence-corrected chi connectivity index (χ3v) is 4.60. The van der Waals surface area contributed by atoms with E-state index in [-0.39, 0.29) is 12.3 Å². The molecule has 0 fully saturated rings. The Kier molecular flexibility index (Phi) is 6.80. The fourth-order valence-corrected chi connectivity index (χ4v) is 2.99. The summed E-state index contributed by atoms with van der Waals surface area (Å²) < 4.78 is 5.24. The smallest absolute Gasteiger partial charge is 0.243 e. The van der Waals surface area contributed by atoms with E-state index in [9.17, 15) is 4.79 Å². The predicted molar refractivity (Wildman–Crippen MR) is 113 cm³/mol. The van der Waals surface area contributed by atoms with Gasteiger partial charge >= 0.3 is 0 Å². The Labute approximate surface area is 169 Å². The average Bonchev–Trinajstić information content (AvgIpc) is 2.77. The molecule has 3 aromatic rings. The number of amides is 1. The van der Waals surface area contributed by atoms with Crippen LogP contribution in [0, 0.1) is 0 Å². The van der Waals surface area contributed by atoms with Crippen molar-refractivity contribution in [2.45, 2.75) is 19.3 Å². The van der Waals surface area contributed by atoms with Gasteiger partial charge in [0.1, 0.15) is 11.6 Å². The Morgan fingerprint density at radius 1 is 1.10 bits per heavy atom. The van der Waals surface area contributed by atoms with Crippen molar-refractivity contribution in [2.24, 2.45) is 0 Å². The second kappa shape index (κ2) is 9.70. The number of para-hydroxylation sites is 1. The summed E-state index contributed by atoms with van der Waals surface area (Å²) in [7, 11) is 3.61. The second-order valence-electron chi connectivity index (χ2n) is 6.56. The molecule has 8 heteroatoms. The lowest BCUT2D eigenvalue weighted by Crippen LogP contribution is -2.18. The van der Waals surface area contributed by atoms with Crippen LogP contribution in [0.1, 0.15) is 19.3 Å². The molecule has 0 unspecified atom stereocenters. The molecule has 0 bridgehead atoms. The van der Waals surface area contributed by atoms with Crippen LogP contribution >= 0.6 is 0 Å². The van der Waals surface area contributed by atoms with Gasteiger partial charge in [0.2, 0.25) is 11.9 Å². The van der Waals surface area contributed by atoms with Crippen LogP contribution in [0.25, 0.3) is 10.9 Å². The van der Waals surface area contributed by atoms with Crippen molar-refractivity contribution in [3.63, 3.8) is 0 Å². The van der Waals surface area contributed by atoms with Crippen molar-refractivity contribution in [1.82, 2.24) is 15.4 Å². The number of anilines is 3. The van der Waals surface area contributed by atoms with E-state index in [0.29, 0.717) is 18.9 Å². The molecule has 2 aromatic carbocycles. The Morgan fingerprint density at radius 2 is 1.86 bits per heavy atom. The summed E-state index contributed by atoms with van der Waals surface area (Å²) in [6.45, 7) is 0.628. The van der Waals surface area contributed by atoms with E-state index < -0.39 is 0 Å². The maximum Gasteiger partial charge on any atom is 0.243 e. The van der Waals surface area contributed by atoms with Crippen LogP contribution in [0.15, 0.2) is 48.5 Å². The Morgan fingerprint density at radius 3 is 2.59 bits per heavy atom. The topological polar surface area (TPSA) is 99.6 Å². The lowest BCUT2D eigenvalue weighted by molar-refractivity contribution is -0.129. The first-order chi connectivity index (χ1) is 14.1. The van der Waals surface area contributed by atoms with Crippen molar-refractivity contribution in [2.75, 3.05) is 30.9 Å². The molecule has 0 spiro atoms. The number of aromatic nitrogens is 2. The summed E-state index contributed by atoms with van der Waals surface area (Å²) >= 11 is 0. The first kappa shape index (κ1) is 20.3. The van der Waals surface area contributed by atoms with E-state index in [1.165, 1.54) is 0 Å². The van der Waals surface area contributed by atoms with Gasteiger partial charge in [-0.1, -0.05) is 12.1 Å². The van der Waals surface area contributed by atoms with Crippen LogP contribution in [-0.2, 0) is 4.79 Å². The first-order valence-corrected chi connectivity index (χ1v) is 9.43. The summed E-state index contributed by atoms with van der Waals surface area (Å²) in [5.41, 5.74) is 3.47. The normalized spacial score (nSPS) is 10.6. The summed E-state index contributed by atoms with van der Waals surface area (Å²) in [6.07, 6.45) is 1.70. The number of carbonyl (C=O) groups excluding carboxylic acids is 1. The summed E-state index contributed by atoms with van der Waals surface area (Å²) in [4.78, 5) is 22.4. The third kappa shape index (κ3) is 5.11. The largest absolute Gasteiger partial charge is 0.497 e. The highest BCUT2D eigenvalue weighted by Crippen LogP contribution is 2.30. The van der Waals surface area contributed by atoms with Gasteiger partial charge in [-0.3, -0.25) is 10.0 Å². The van der Waals surface area contributed by atoms with Gasteiger partial charge in [0.05, 0.1) is 12.6 Å². The molecular weight excluding hydrogens is 370 g/mol. The molecule has 0 aliphatic rings. The minimum absolute atomic E-state index is 0.280. The lowest BCUT2D eigenvalue weighted by Gasteiger charge is -2.21. The molecule has 0 saturated heterocycles. The summed E-state index contributed by atoms with van der Waals surface area (Å²) in [6, 6.07) is 15.7. The lowest BCUT2D eigenvalue weighted by atomic mass is 10.2. The van der Waals surface area contributed by atoms with Crippen LogP contribution in [0.4, 0.5) is 17.5 Å². The number of benzene rings is 2. The quantitative estimate of drug-likeness (QED) is 0.290. The van der Waals surface area contributed by atoms with E-state index in [1.807, 2.05) is 60.5 Å². The minimum atomic E-state index is -0.379. The highest BCUT2D eigenvalue weighted by atomic mass is 16.5. The van der Waals surface area contributed by atoms with Crippen molar-refractivity contribution >= 4 is 34.3 Å². The van der Waals surface area contributed by atoms with E-state index >= 15 is 0 Å². The molecule has 0 atom stereocenters. The fraction of sp³-hybridized carbons (Fsp3) is 0.286. The highest BCUT2D eigenvalue weighted by Gasteiger charge is 2.13. The van der Waals surface area contributed by atoms with Crippen molar-refractivity contribution in [3.8, 4) is 5.75 Å². The summed E-state index contributed by atoms with van der Waals surface area (Å²) in [5, 5.41) is 12.7. The number of ether oxygens (including phenoxy) is 1. The van der Waals surface area contributed by atoms with E-state index in [1.54, 1.807) is 12.6 Å². The molecule has 3 rings (SSSR count). The molecule has 0 aliphatic heterocycles. The Balaban J connectivity index is 1.79. The molecule has 0 aliphatic carbocycles. The van der Waals surface area contributed by atoms with Gasteiger partial charge in [0.25, 0.3) is 0 Å². The predicted octanol–water partition coefficient (Wildman–Crippen LogP) is 3.49. The number of carbonyl (C=O) groups is 1. The molecule has 0 saturated carbocycles. The van der Waals surface area contributed by atoms with E-state index in [2.05, 4.69) is 10.3 Å². The summed E-state index contributed by atoms with van der Waals surface area (Å²) in [5.74, 6) is 1.75. The van der Waals surface area contributed by atoms with Gasteiger partial charge in [-0.25, -0.2) is 10.5 Å². The molecule has 29 heavy (non-hydrogen) atoms. The van der Waals surface area contributed by atoms with Crippen LogP contribution < -0.4 is 20.4 Å². The van der Waals surface area contributed by atoms with Gasteiger partial charge in [-0.2, -0.15) is 4.98 Å². The first-order valence-electron chi connectivity index (χ1n) is 9.43. The standard InChI is InChI=1S/C21H25N5O3/c1-26(15-10-12-16(29-2)13-11-15)20-17-7-3-4-8-18(17)23-21(24-20)22-14-6-5-9-19(27)25-28/h3-4,7-8,10-13,28H,5-6,9,14H2,1-2H3,(H,25,27)(H,22,23,24). The van der Waals surface area contributed by atoms with Crippen molar-refractivity contribution in [3.05, 3.63) is 48.5 Å². The van der Waals surface area contributed by atoms with Crippen LogP contribution in [0.3, 0.4) is 0 Å². The number of hydrogen-bond donors (Lipinski definition) is 3. The molecule has 1 aromatic heterocycles. The molecule has 1 amide bonds. The Bertz CT molecular complexity index is 962. The second-order valence-corrected chi connectivity index (χ2v) is 6.56. The van der Waals surface area contributed by atoms with Crippen LogP contribution in [-0.4, -0.2) is 41.8 Å². The zero-order chi connectivity index (χ0) is 20.6. The monoisotopic (exact) mass is 395 g/mol. The zero-order valence-electron chi connectivity index (χ0n) is 16.6. The van der Waals surface area contributed by atoms with Gasteiger partial charge in [-0.15, -0.1) is 0 Å². The van der Waals surface area contributed by atoms with Crippen LogP contribution in [0.2, 0.25) is 0 Å². The number of nitrogens with one attached hydrogen (secondary N) is 2. The fourth-order valence-electron chi connectivity index (χ4n) is 2.99. The average molecular weight is 395 g/mol. The van der Waals surface area contributed by atoms with Gasteiger partial charge in [-0.05, 0) is 49.2 Å². The molecular formula is C21H25N5O3. The third-order valence-electron chi connectivity index (χ3n) is 4.60. The van der Waals surface area contributed by atoms with Gasteiger partial charge in [0, 0.05) is 31.1 Å². The molecule has 0 radical (unpaired) electrons. The van der Waals surface area contributed by atoms with Crippen molar-refractivity contribution < 1.29 is 14.7 Å². The number of fused-ring (bicyclic) bond motifs is 1. The molecule has 1 heterocycles. The zero-order valence-corrected chi connectivity index (χ0v) is 16.6. The number of methoxy groups -OCH3 is 1. The van der Waals surface area contributed by atoms with Crippen LogP contribution in [0.5, 0.6) is 5.75 Å². The molecule has 3 N–H and O–H groups in total. The SMILES string of the molecule is COc1ccc(N(C)c2nc(NCCCCC(=O)NO)nc3ccccc23)cc1. The van der Waals surface area contributed by atoms with Gasteiger partial charge < -0.3 is 15.0 Å². The minimum Gasteiger partial charge on any atom is -0.497 e. The molecule has 8 nitrogen and oxygen atoms in total. The highest BCUT2D eigenvalue weighted by molar-refractivity contribution is 5.92. The maximum absolute atomic E-state index is 11.1. The maximum atomic E-state index is 11.1. The number of nitrogens with zero attached hydrogens (tertiary/aromatic N) is 3. The number of rotatable bonds is 9. The van der Waals surface area contributed by atoms with E-state index in [0.717, 1.165) is 34.6 Å². The Hall–Kier alpha value is -3.39. The van der Waals surface area contributed by atoms with Crippen molar-refractivity contribution in [1.29, 1.82) is 0 Å². The number of hydrogen-bond acceptors (Lipinski definition) is 7. The van der Waals surface area contributed by atoms with Gasteiger partial charge in [0.15, 0.2) is 0 Å². The number of unbranched alkanes of at least 4 members (excludes halogenated alkanes) is 1. The molecule has 152 valence electrons.